The predicted octanol–water partition coefficient (Wildman–Crippen LogP) is -1.16. The third kappa shape index (κ3) is 3.20. The molecular weight excluding hydrogens is 234 g/mol. The summed E-state index contributed by atoms with van der Waals surface area (Å²) in [7, 11) is 0. The van der Waals surface area contributed by atoms with Gasteiger partial charge in [0.05, 0.1) is 6.61 Å². The highest BCUT2D eigenvalue weighted by Crippen LogP contribution is 2.12. The van der Waals surface area contributed by atoms with Crippen molar-refractivity contribution in [1.82, 2.24) is 15.5 Å². The largest absolute Gasteiger partial charge is 0.395 e. The number of carbonyl (C=O) groups excluding carboxylic acids is 2. The minimum absolute atomic E-state index is 0.0425. The van der Waals surface area contributed by atoms with E-state index in [2.05, 4.69) is 10.6 Å². The fraction of sp³-hybridized carbons (Fsp3) is 0.833. The zero-order valence-corrected chi connectivity index (χ0v) is 10.5. The zero-order valence-electron chi connectivity index (χ0n) is 10.5. The maximum Gasteiger partial charge on any atom is 0.245 e. The maximum absolute atomic E-state index is 12.2. The van der Waals surface area contributed by atoms with Crippen molar-refractivity contribution in [2.75, 3.05) is 26.2 Å². The first-order chi connectivity index (χ1) is 8.70. The minimum Gasteiger partial charge on any atom is -0.395 e. The van der Waals surface area contributed by atoms with E-state index in [-0.39, 0.29) is 18.4 Å². The molecule has 0 aromatic heterocycles. The quantitative estimate of drug-likeness (QED) is 0.579. The van der Waals surface area contributed by atoms with Gasteiger partial charge < -0.3 is 20.6 Å². The van der Waals surface area contributed by atoms with E-state index >= 15 is 0 Å². The normalized spacial score (nSPS) is 27.3. The number of nitrogens with one attached hydrogen (secondary N) is 2. The van der Waals surface area contributed by atoms with E-state index in [0.29, 0.717) is 32.0 Å². The third-order valence-electron chi connectivity index (χ3n) is 3.58. The second kappa shape index (κ2) is 6.15. The molecule has 2 aliphatic rings. The molecule has 0 aliphatic carbocycles. The van der Waals surface area contributed by atoms with Crippen molar-refractivity contribution in [3.8, 4) is 0 Å². The Morgan fingerprint density at radius 1 is 1.44 bits per heavy atom. The summed E-state index contributed by atoms with van der Waals surface area (Å²) in [5.74, 6) is -0.125. The number of aliphatic hydroxyl groups is 1. The third-order valence-corrected chi connectivity index (χ3v) is 3.58. The lowest BCUT2D eigenvalue weighted by Gasteiger charge is -2.27. The summed E-state index contributed by atoms with van der Waals surface area (Å²) in [5.41, 5.74) is 0. The molecule has 0 radical (unpaired) electrons. The first kappa shape index (κ1) is 13.3. The highest BCUT2D eigenvalue weighted by Gasteiger charge is 2.31. The van der Waals surface area contributed by atoms with Crippen LogP contribution in [0.5, 0.6) is 0 Å². The van der Waals surface area contributed by atoms with Crippen LogP contribution in [0.4, 0.5) is 0 Å². The van der Waals surface area contributed by atoms with Crippen molar-refractivity contribution in [1.29, 1.82) is 0 Å². The van der Waals surface area contributed by atoms with Crippen LogP contribution in [-0.2, 0) is 9.59 Å². The highest BCUT2D eigenvalue weighted by molar-refractivity contribution is 5.90. The van der Waals surface area contributed by atoms with Gasteiger partial charge in [-0.25, -0.2) is 0 Å². The molecule has 6 nitrogen and oxygen atoms in total. The van der Waals surface area contributed by atoms with E-state index in [1.807, 2.05) is 0 Å². The Morgan fingerprint density at radius 2 is 2.28 bits per heavy atom. The van der Waals surface area contributed by atoms with Crippen LogP contribution in [0, 0.1) is 0 Å². The molecule has 2 heterocycles. The van der Waals surface area contributed by atoms with Gasteiger partial charge >= 0.3 is 0 Å². The average Bonchev–Trinajstić information content (AvgIpc) is 2.99. The Bertz CT molecular complexity index is 316. The lowest BCUT2D eigenvalue weighted by atomic mass is 10.1. The Morgan fingerprint density at radius 3 is 2.83 bits per heavy atom. The number of rotatable bonds is 5. The van der Waals surface area contributed by atoms with Crippen molar-refractivity contribution in [3.05, 3.63) is 0 Å². The molecule has 18 heavy (non-hydrogen) atoms. The SMILES string of the molecule is O=C1CC[C@@H](C(=O)N(CCO)CC2CCCN2)N1. The molecule has 2 fully saturated rings. The van der Waals surface area contributed by atoms with E-state index in [9.17, 15) is 9.59 Å². The number of carbonyl (C=O) groups is 2. The summed E-state index contributed by atoms with van der Waals surface area (Å²) >= 11 is 0. The number of nitrogens with zero attached hydrogens (tertiary/aromatic N) is 1. The topological polar surface area (TPSA) is 81.7 Å². The molecule has 3 N–H and O–H groups in total. The molecule has 2 amide bonds. The summed E-state index contributed by atoms with van der Waals surface area (Å²) in [5, 5.41) is 15.1. The van der Waals surface area contributed by atoms with Crippen LogP contribution < -0.4 is 10.6 Å². The van der Waals surface area contributed by atoms with Gasteiger partial charge in [-0.15, -0.1) is 0 Å². The summed E-state index contributed by atoms with van der Waals surface area (Å²) in [4.78, 5) is 25.0. The molecule has 102 valence electrons. The number of aliphatic hydroxyl groups excluding tert-OH is 1. The van der Waals surface area contributed by atoms with Crippen molar-refractivity contribution in [3.63, 3.8) is 0 Å². The lowest BCUT2D eigenvalue weighted by molar-refractivity contribution is -0.135. The van der Waals surface area contributed by atoms with Gasteiger partial charge in [0.25, 0.3) is 0 Å². The van der Waals surface area contributed by atoms with Gasteiger partial charge in [0.1, 0.15) is 6.04 Å². The van der Waals surface area contributed by atoms with Gasteiger partial charge in [0.2, 0.25) is 11.8 Å². The van der Waals surface area contributed by atoms with Gasteiger partial charge in [0, 0.05) is 25.6 Å². The number of hydrogen-bond donors (Lipinski definition) is 3. The molecule has 2 aliphatic heterocycles. The lowest BCUT2D eigenvalue weighted by Crippen LogP contribution is -2.49. The van der Waals surface area contributed by atoms with Crippen LogP contribution in [0.2, 0.25) is 0 Å². The molecule has 6 heteroatoms. The second-order valence-electron chi connectivity index (χ2n) is 4.96. The molecule has 0 spiro atoms. The summed E-state index contributed by atoms with van der Waals surface area (Å²) in [6.45, 7) is 1.90. The molecule has 0 aromatic rings. The summed E-state index contributed by atoms with van der Waals surface area (Å²) in [6.07, 6.45) is 3.18. The first-order valence-electron chi connectivity index (χ1n) is 6.63. The standard InChI is InChI=1S/C12H21N3O3/c16-7-6-15(8-9-2-1-5-13-9)12(18)10-3-4-11(17)14-10/h9-10,13,16H,1-8H2,(H,14,17)/t9?,10-/m0/s1. The van der Waals surface area contributed by atoms with Crippen LogP contribution in [0.1, 0.15) is 25.7 Å². The smallest absolute Gasteiger partial charge is 0.245 e. The molecule has 2 saturated heterocycles. The molecule has 0 bridgehead atoms. The average molecular weight is 255 g/mol. The molecular formula is C12H21N3O3. The van der Waals surface area contributed by atoms with Gasteiger partial charge in [-0.1, -0.05) is 0 Å². The molecule has 2 atom stereocenters. The van der Waals surface area contributed by atoms with E-state index in [1.54, 1.807) is 4.90 Å². The minimum atomic E-state index is -0.398. The second-order valence-corrected chi connectivity index (χ2v) is 4.96. The Kier molecular flexibility index (Phi) is 4.54. The molecule has 0 saturated carbocycles. The van der Waals surface area contributed by atoms with Crippen LogP contribution in [0.25, 0.3) is 0 Å². The van der Waals surface area contributed by atoms with E-state index < -0.39 is 6.04 Å². The number of amides is 2. The predicted molar refractivity (Wildman–Crippen MR) is 65.9 cm³/mol. The van der Waals surface area contributed by atoms with Crippen LogP contribution in [-0.4, -0.2) is 60.1 Å². The Labute approximate surface area is 107 Å². The van der Waals surface area contributed by atoms with E-state index in [4.69, 9.17) is 5.11 Å². The highest BCUT2D eigenvalue weighted by atomic mass is 16.3. The fourth-order valence-electron chi connectivity index (χ4n) is 2.61. The van der Waals surface area contributed by atoms with Crippen molar-refractivity contribution < 1.29 is 14.7 Å². The fourth-order valence-corrected chi connectivity index (χ4v) is 2.61. The van der Waals surface area contributed by atoms with Crippen molar-refractivity contribution in [2.45, 2.75) is 37.8 Å². The maximum atomic E-state index is 12.2. The Hall–Kier alpha value is -1.14. The number of hydrogen-bond acceptors (Lipinski definition) is 4. The van der Waals surface area contributed by atoms with Crippen LogP contribution >= 0.6 is 0 Å². The first-order valence-corrected chi connectivity index (χ1v) is 6.63. The van der Waals surface area contributed by atoms with Crippen molar-refractivity contribution >= 4 is 11.8 Å². The van der Waals surface area contributed by atoms with Gasteiger partial charge in [-0.3, -0.25) is 9.59 Å². The van der Waals surface area contributed by atoms with Crippen LogP contribution in [0.3, 0.4) is 0 Å². The molecule has 2 rings (SSSR count). The van der Waals surface area contributed by atoms with E-state index in [0.717, 1.165) is 19.4 Å². The van der Waals surface area contributed by atoms with Gasteiger partial charge in [-0.2, -0.15) is 0 Å². The van der Waals surface area contributed by atoms with Crippen LogP contribution in [0.15, 0.2) is 0 Å². The molecule has 1 unspecified atom stereocenters. The zero-order chi connectivity index (χ0) is 13.0. The molecule has 0 aromatic carbocycles. The summed E-state index contributed by atoms with van der Waals surface area (Å²) < 4.78 is 0. The van der Waals surface area contributed by atoms with E-state index in [1.165, 1.54) is 0 Å². The van der Waals surface area contributed by atoms with Crippen molar-refractivity contribution in [2.24, 2.45) is 0 Å². The summed E-state index contributed by atoms with van der Waals surface area (Å²) in [6, 6.07) is -0.0805. The Balaban J connectivity index is 1.90. The monoisotopic (exact) mass is 255 g/mol. The van der Waals surface area contributed by atoms with Gasteiger partial charge in [0.15, 0.2) is 0 Å². The van der Waals surface area contributed by atoms with Gasteiger partial charge in [-0.05, 0) is 25.8 Å².